The highest BCUT2D eigenvalue weighted by atomic mass is 32.2. The number of halogens is 1. The summed E-state index contributed by atoms with van der Waals surface area (Å²) in [5.41, 5.74) is 2.03. The molecule has 6 heteroatoms. The van der Waals surface area contributed by atoms with Crippen molar-refractivity contribution in [2.24, 2.45) is 0 Å². The second kappa shape index (κ2) is 6.96. The number of ketones is 1. The van der Waals surface area contributed by atoms with Crippen LogP contribution >= 0.6 is 0 Å². The van der Waals surface area contributed by atoms with E-state index >= 15 is 0 Å². The maximum absolute atomic E-state index is 14.1. The third-order valence-corrected chi connectivity index (χ3v) is 6.19. The summed E-state index contributed by atoms with van der Waals surface area (Å²) in [6.07, 6.45) is 1.59. The molecular formula is C19H20FNO3S. The minimum atomic E-state index is -3.62. The van der Waals surface area contributed by atoms with Gasteiger partial charge in [-0.3, -0.25) is 9.10 Å². The van der Waals surface area contributed by atoms with Crippen LogP contribution in [0.5, 0.6) is 0 Å². The van der Waals surface area contributed by atoms with Crippen LogP contribution in [-0.2, 0) is 23.0 Å². The highest BCUT2D eigenvalue weighted by Crippen LogP contribution is 2.34. The topological polar surface area (TPSA) is 54.5 Å². The van der Waals surface area contributed by atoms with Crippen molar-refractivity contribution in [1.29, 1.82) is 0 Å². The molecule has 0 spiro atoms. The third-order valence-electron chi connectivity index (χ3n) is 4.46. The first kappa shape index (κ1) is 17.6. The Bertz CT molecular complexity index is 894. The SMILES string of the molecule is CCS(=O)(=O)N(Cc1ccccc1)c1cc(F)cc2c1CCCC2=O. The molecule has 0 saturated carbocycles. The standard InChI is InChI=1S/C19H20FNO3S/c1-2-25(23,24)21(13-14-7-4-3-5-8-14)18-12-15(20)11-17-16(18)9-6-10-19(17)22/h3-5,7-8,11-12H,2,6,9-10,13H2,1H3. The number of anilines is 1. The number of sulfonamides is 1. The molecule has 0 aromatic heterocycles. The molecule has 0 saturated heterocycles. The van der Waals surface area contributed by atoms with Crippen LogP contribution in [0, 0.1) is 5.82 Å². The fraction of sp³-hybridized carbons (Fsp3) is 0.316. The molecule has 0 N–H and O–H groups in total. The van der Waals surface area contributed by atoms with E-state index in [0.717, 1.165) is 5.56 Å². The van der Waals surface area contributed by atoms with Crippen molar-refractivity contribution in [3.05, 3.63) is 65.0 Å². The number of benzene rings is 2. The molecule has 0 fully saturated rings. The highest BCUT2D eigenvalue weighted by Gasteiger charge is 2.28. The summed E-state index contributed by atoms with van der Waals surface area (Å²) in [6, 6.07) is 11.6. The third kappa shape index (κ3) is 3.58. The first-order valence-corrected chi connectivity index (χ1v) is 9.93. The lowest BCUT2D eigenvalue weighted by molar-refractivity contribution is 0.0972. The summed E-state index contributed by atoms with van der Waals surface area (Å²) in [7, 11) is -3.62. The molecule has 0 unspecified atom stereocenters. The molecule has 1 aliphatic rings. The highest BCUT2D eigenvalue weighted by molar-refractivity contribution is 7.92. The zero-order valence-corrected chi connectivity index (χ0v) is 14.9. The van der Waals surface area contributed by atoms with E-state index < -0.39 is 15.8 Å². The molecule has 0 radical (unpaired) electrons. The van der Waals surface area contributed by atoms with E-state index in [1.54, 1.807) is 6.92 Å². The van der Waals surface area contributed by atoms with Gasteiger partial charge in [-0.05, 0) is 43.0 Å². The molecule has 2 aromatic rings. The Kier molecular flexibility index (Phi) is 4.90. The fourth-order valence-electron chi connectivity index (χ4n) is 3.16. The van der Waals surface area contributed by atoms with E-state index in [9.17, 15) is 17.6 Å². The van der Waals surface area contributed by atoms with Crippen molar-refractivity contribution in [3.8, 4) is 0 Å². The van der Waals surface area contributed by atoms with E-state index in [1.165, 1.54) is 16.4 Å². The molecule has 2 aromatic carbocycles. The second-order valence-corrected chi connectivity index (χ2v) is 8.30. The van der Waals surface area contributed by atoms with E-state index in [4.69, 9.17) is 0 Å². The summed E-state index contributed by atoms with van der Waals surface area (Å²) in [4.78, 5) is 12.2. The first-order valence-electron chi connectivity index (χ1n) is 8.32. The summed E-state index contributed by atoms with van der Waals surface area (Å²) in [6.45, 7) is 1.67. The van der Waals surface area contributed by atoms with E-state index in [2.05, 4.69) is 0 Å². The van der Waals surface area contributed by atoms with Gasteiger partial charge >= 0.3 is 0 Å². The number of nitrogens with zero attached hydrogens (tertiary/aromatic N) is 1. The summed E-state index contributed by atoms with van der Waals surface area (Å²) >= 11 is 0. The maximum Gasteiger partial charge on any atom is 0.235 e. The normalized spacial score (nSPS) is 14.2. The summed E-state index contributed by atoms with van der Waals surface area (Å²) < 4.78 is 40.8. The van der Waals surface area contributed by atoms with Crippen molar-refractivity contribution >= 4 is 21.5 Å². The Morgan fingerprint density at radius 1 is 1.12 bits per heavy atom. The van der Waals surface area contributed by atoms with Gasteiger partial charge in [0, 0.05) is 12.0 Å². The molecule has 25 heavy (non-hydrogen) atoms. The molecule has 0 heterocycles. The van der Waals surface area contributed by atoms with E-state index in [1.807, 2.05) is 30.3 Å². The van der Waals surface area contributed by atoms with Gasteiger partial charge in [-0.25, -0.2) is 12.8 Å². The van der Waals surface area contributed by atoms with Gasteiger partial charge in [0.15, 0.2) is 5.78 Å². The van der Waals surface area contributed by atoms with Crippen molar-refractivity contribution in [3.63, 3.8) is 0 Å². The minimum absolute atomic E-state index is 0.0981. The molecule has 3 rings (SSSR count). The predicted molar refractivity (Wildman–Crippen MR) is 95.8 cm³/mol. The van der Waals surface area contributed by atoms with Gasteiger partial charge in [-0.2, -0.15) is 0 Å². The number of hydrogen-bond donors (Lipinski definition) is 0. The Morgan fingerprint density at radius 2 is 1.84 bits per heavy atom. The van der Waals surface area contributed by atoms with Gasteiger partial charge in [-0.1, -0.05) is 30.3 Å². The number of carbonyl (C=O) groups is 1. The monoisotopic (exact) mass is 361 g/mol. The molecule has 4 nitrogen and oxygen atoms in total. The van der Waals surface area contributed by atoms with Crippen LogP contribution in [0.4, 0.5) is 10.1 Å². The number of carbonyl (C=O) groups excluding carboxylic acids is 1. The van der Waals surface area contributed by atoms with Crippen LogP contribution < -0.4 is 4.31 Å². The Hall–Kier alpha value is -2.21. The second-order valence-electron chi connectivity index (χ2n) is 6.12. The minimum Gasteiger partial charge on any atom is -0.294 e. The molecule has 0 amide bonds. The zero-order chi connectivity index (χ0) is 18.0. The molecule has 0 bridgehead atoms. The number of hydrogen-bond acceptors (Lipinski definition) is 3. The van der Waals surface area contributed by atoms with Crippen LogP contribution in [-0.4, -0.2) is 20.0 Å². The maximum atomic E-state index is 14.1. The molecular weight excluding hydrogens is 341 g/mol. The van der Waals surface area contributed by atoms with Gasteiger partial charge < -0.3 is 0 Å². The average molecular weight is 361 g/mol. The van der Waals surface area contributed by atoms with Gasteiger partial charge in [0.1, 0.15) is 5.82 Å². The van der Waals surface area contributed by atoms with Gasteiger partial charge in [0.05, 0.1) is 18.0 Å². The summed E-state index contributed by atoms with van der Waals surface area (Å²) in [5.74, 6) is -0.817. The lowest BCUT2D eigenvalue weighted by Crippen LogP contribution is -2.33. The molecule has 0 atom stereocenters. The summed E-state index contributed by atoms with van der Waals surface area (Å²) in [5, 5.41) is 0. The number of Topliss-reactive ketones (excluding diaryl/α,β-unsaturated/α-hetero) is 1. The largest absolute Gasteiger partial charge is 0.294 e. The molecule has 132 valence electrons. The van der Waals surface area contributed by atoms with Crippen molar-refractivity contribution in [1.82, 2.24) is 0 Å². The van der Waals surface area contributed by atoms with Gasteiger partial charge in [-0.15, -0.1) is 0 Å². The zero-order valence-electron chi connectivity index (χ0n) is 14.0. The van der Waals surface area contributed by atoms with Crippen molar-refractivity contribution < 1.29 is 17.6 Å². The number of rotatable bonds is 5. The molecule has 0 aliphatic heterocycles. The van der Waals surface area contributed by atoms with E-state index in [-0.39, 0.29) is 23.8 Å². The van der Waals surface area contributed by atoms with E-state index in [0.29, 0.717) is 30.4 Å². The van der Waals surface area contributed by atoms with Crippen LogP contribution in [0.25, 0.3) is 0 Å². The Morgan fingerprint density at radius 3 is 2.52 bits per heavy atom. The first-order chi connectivity index (χ1) is 11.9. The number of fused-ring (bicyclic) bond motifs is 1. The Balaban J connectivity index is 2.15. The lowest BCUT2D eigenvalue weighted by atomic mass is 9.89. The van der Waals surface area contributed by atoms with Gasteiger partial charge in [0.25, 0.3) is 0 Å². The quantitative estimate of drug-likeness (QED) is 0.816. The van der Waals surface area contributed by atoms with Crippen molar-refractivity contribution in [2.45, 2.75) is 32.7 Å². The fourth-order valence-corrected chi connectivity index (χ4v) is 4.28. The average Bonchev–Trinajstić information content (AvgIpc) is 2.61. The van der Waals surface area contributed by atoms with Gasteiger partial charge in [0.2, 0.25) is 10.0 Å². The predicted octanol–water partition coefficient (Wildman–Crippen LogP) is 3.70. The Labute approximate surface area is 147 Å². The smallest absolute Gasteiger partial charge is 0.235 e. The van der Waals surface area contributed by atoms with Crippen molar-refractivity contribution in [2.75, 3.05) is 10.1 Å². The van der Waals surface area contributed by atoms with Crippen LogP contribution in [0.1, 0.15) is 41.3 Å². The van der Waals surface area contributed by atoms with Crippen LogP contribution in [0.15, 0.2) is 42.5 Å². The molecule has 1 aliphatic carbocycles. The van der Waals surface area contributed by atoms with Crippen LogP contribution in [0.3, 0.4) is 0 Å². The lowest BCUT2D eigenvalue weighted by Gasteiger charge is -2.29. The van der Waals surface area contributed by atoms with Crippen LogP contribution in [0.2, 0.25) is 0 Å².